The van der Waals surface area contributed by atoms with Crippen molar-refractivity contribution in [1.82, 2.24) is 15.1 Å². The van der Waals surface area contributed by atoms with E-state index in [4.69, 9.17) is 5.73 Å². The van der Waals surface area contributed by atoms with Crippen molar-refractivity contribution in [2.45, 2.75) is 31.0 Å². The van der Waals surface area contributed by atoms with Crippen LogP contribution in [0.2, 0.25) is 0 Å². The lowest BCUT2D eigenvalue weighted by molar-refractivity contribution is 0.0959. The lowest BCUT2D eigenvalue weighted by Gasteiger charge is -2.41. The molecule has 2 atom stereocenters. The second kappa shape index (κ2) is 5.66. The summed E-state index contributed by atoms with van der Waals surface area (Å²) < 4.78 is 13.9. The molecule has 0 spiro atoms. The molecule has 3 aliphatic heterocycles. The second-order valence-corrected chi connectivity index (χ2v) is 5.57. The number of nitrogens with zero attached hydrogens (tertiary/aromatic N) is 3. The van der Waals surface area contributed by atoms with Gasteiger partial charge in [0, 0.05) is 45.1 Å². The van der Waals surface area contributed by atoms with Crippen molar-refractivity contribution < 1.29 is 4.39 Å². The van der Waals surface area contributed by atoms with Gasteiger partial charge in [-0.05, 0) is 12.8 Å². The van der Waals surface area contributed by atoms with Gasteiger partial charge in [0.25, 0.3) is 0 Å². The van der Waals surface area contributed by atoms with Gasteiger partial charge in [-0.15, -0.1) is 0 Å². The molecule has 2 fully saturated rings. The van der Waals surface area contributed by atoms with Crippen LogP contribution in [0.1, 0.15) is 12.8 Å². The third-order valence-electron chi connectivity index (χ3n) is 4.40. The summed E-state index contributed by atoms with van der Waals surface area (Å²) in [6.07, 6.45) is 5.12. The Labute approximate surface area is 113 Å². The summed E-state index contributed by atoms with van der Waals surface area (Å²) >= 11 is 0. The quantitative estimate of drug-likeness (QED) is 0.734. The van der Waals surface area contributed by atoms with E-state index in [0.717, 1.165) is 45.7 Å². The number of nitrogens with two attached hydrogens (primary N) is 1. The highest BCUT2D eigenvalue weighted by Gasteiger charge is 2.34. The standard InChI is InChI=1S/C13H22FN5/c14-11-7-17-8-12(15)13(11)18-4-1-10(2-5-18)19-6-3-16-9-19/h7-8,10,12-13,16H,1-6,9,15H2. The summed E-state index contributed by atoms with van der Waals surface area (Å²) in [5.41, 5.74) is 5.96. The van der Waals surface area contributed by atoms with E-state index < -0.39 is 0 Å². The molecule has 0 aromatic heterocycles. The van der Waals surface area contributed by atoms with Crippen LogP contribution in [-0.4, -0.2) is 67.0 Å². The van der Waals surface area contributed by atoms with Crippen LogP contribution >= 0.6 is 0 Å². The first-order valence-corrected chi connectivity index (χ1v) is 7.09. The van der Waals surface area contributed by atoms with Crippen LogP contribution in [0.25, 0.3) is 0 Å². The van der Waals surface area contributed by atoms with Gasteiger partial charge in [-0.3, -0.25) is 14.8 Å². The van der Waals surface area contributed by atoms with Gasteiger partial charge in [-0.2, -0.15) is 0 Å². The Hall–Kier alpha value is -0.820. The fourth-order valence-electron chi connectivity index (χ4n) is 3.34. The van der Waals surface area contributed by atoms with E-state index in [-0.39, 0.29) is 17.9 Å². The normalized spacial score (nSPS) is 34.7. The first kappa shape index (κ1) is 13.2. The molecule has 3 N–H and O–H groups in total. The van der Waals surface area contributed by atoms with Gasteiger partial charge in [0.15, 0.2) is 0 Å². The highest BCUT2D eigenvalue weighted by atomic mass is 19.1. The van der Waals surface area contributed by atoms with Crippen molar-refractivity contribution in [3.8, 4) is 0 Å². The summed E-state index contributed by atoms with van der Waals surface area (Å²) in [5, 5.41) is 3.36. The van der Waals surface area contributed by atoms with Crippen LogP contribution in [-0.2, 0) is 0 Å². The SMILES string of the molecule is NC1C=NC=C(F)C1N1CCC(N2CCNC2)CC1. The fourth-order valence-corrected chi connectivity index (χ4v) is 3.34. The predicted molar refractivity (Wildman–Crippen MR) is 73.6 cm³/mol. The summed E-state index contributed by atoms with van der Waals surface area (Å²) in [6.45, 7) is 5.04. The summed E-state index contributed by atoms with van der Waals surface area (Å²) in [6, 6.07) is -0.00284. The molecule has 5 nitrogen and oxygen atoms in total. The maximum absolute atomic E-state index is 13.9. The van der Waals surface area contributed by atoms with E-state index in [1.165, 1.54) is 6.20 Å². The number of hydrogen-bond donors (Lipinski definition) is 2. The molecule has 0 amide bonds. The molecule has 0 aromatic carbocycles. The third-order valence-corrected chi connectivity index (χ3v) is 4.40. The Morgan fingerprint density at radius 1 is 1.26 bits per heavy atom. The molecule has 0 radical (unpaired) electrons. The molecule has 2 unspecified atom stereocenters. The van der Waals surface area contributed by atoms with Crippen molar-refractivity contribution in [2.24, 2.45) is 10.7 Å². The Balaban J connectivity index is 1.57. The minimum atomic E-state index is -0.324. The van der Waals surface area contributed by atoms with Gasteiger partial charge in [0.2, 0.25) is 0 Å². The maximum Gasteiger partial charge on any atom is 0.137 e. The monoisotopic (exact) mass is 267 g/mol. The molecule has 6 heteroatoms. The molecule has 0 bridgehead atoms. The molecule has 0 saturated carbocycles. The molecule has 106 valence electrons. The van der Waals surface area contributed by atoms with Crippen molar-refractivity contribution in [3.63, 3.8) is 0 Å². The topological polar surface area (TPSA) is 56.9 Å². The first-order chi connectivity index (χ1) is 9.25. The number of aliphatic imine (C=N–C) groups is 1. The van der Waals surface area contributed by atoms with Crippen LogP contribution in [0.4, 0.5) is 4.39 Å². The van der Waals surface area contributed by atoms with E-state index in [9.17, 15) is 4.39 Å². The Morgan fingerprint density at radius 2 is 2.05 bits per heavy atom. The van der Waals surface area contributed by atoms with Crippen molar-refractivity contribution >= 4 is 6.21 Å². The highest BCUT2D eigenvalue weighted by molar-refractivity contribution is 5.68. The van der Waals surface area contributed by atoms with E-state index >= 15 is 0 Å². The average Bonchev–Trinajstić information content (AvgIpc) is 2.93. The third kappa shape index (κ3) is 2.72. The number of piperidine rings is 1. The molecule has 3 heterocycles. The zero-order chi connectivity index (χ0) is 13.2. The zero-order valence-electron chi connectivity index (χ0n) is 11.1. The van der Waals surface area contributed by atoms with Crippen LogP contribution in [0, 0.1) is 0 Å². The van der Waals surface area contributed by atoms with E-state index in [2.05, 4.69) is 20.1 Å². The van der Waals surface area contributed by atoms with E-state index in [1.807, 2.05) is 0 Å². The van der Waals surface area contributed by atoms with E-state index in [1.54, 1.807) is 6.21 Å². The molecular weight excluding hydrogens is 245 g/mol. The summed E-state index contributed by atoms with van der Waals surface area (Å²) in [4.78, 5) is 8.49. The van der Waals surface area contributed by atoms with Crippen molar-refractivity contribution in [1.29, 1.82) is 0 Å². The van der Waals surface area contributed by atoms with Crippen molar-refractivity contribution in [2.75, 3.05) is 32.8 Å². The van der Waals surface area contributed by atoms with Gasteiger partial charge >= 0.3 is 0 Å². The van der Waals surface area contributed by atoms with Crippen LogP contribution in [0.15, 0.2) is 17.0 Å². The Bertz CT molecular complexity index is 369. The van der Waals surface area contributed by atoms with E-state index in [0.29, 0.717) is 6.04 Å². The number of rotatable bonds is 2. The smallest absolute Gasteiger partial charge is 0.137 e. The first-order valence-electron chi connectivity index (χ1n) is 7.09. The van der Waals surface area contributed by atoms with Crippen molar-refractivity contribution in [3.05, 3.63) is 12.0 Å². The molecule has 19 heavy (non-hydrogen) atoms. The fraction of sp³-hybridized carbons (Fsp3) is 0.769. The van der Waals surface area contributed by atoms with Crippen LogP contribution in [0.3, 0.4) is 0 Å². The average molecular weight is 267 g/mol. The molecular formula is C13H22FN5. The molecule has 3 rings (SSSR count). The lowest BCUT2D eigenvalue weighted by Crippen LogP contribution is -2.54. The van der Waals surface area contributed by atoms with Crippen LogP contribution in [0.5, 0.6) is 0 Å². The van der Waals surface area contributed by atoms with Gasteiger partial charge in [-0.1, -0.05) is 0 Å². The molecule has 0 aromatic rings. The van der Waals surface area contributed by atoms with Gasteiger partial charge in [0.05, 0.1) is 18.3 Å². The summed E-state index contributed by atoms with van der Waals surface area (Å²) in [5.74, 6) is -0.198. The van der Waals surface area contributed by atoms with Crippen LogP contribution < -0.4 is 11.1 Å². The number of nitrogens with one attached hydrogen (secondary N) is 1. The van der Waals surface area contributed by atoms with Gasteiger partial charge < -0.3 is 11.1 Å². The molecule has 3 aliphatic rings. The van der Waals surface area contributed by atoms with Gasteiger partial charge in [-0.25, -0.2) is 4.39 Å². The largest absolute Gasteiger partial charge is 0.322 e. The molecule has 0 aliphatic carbocycles. The zero-order valence-corrected chi connectivity index (χ0v) is 11.1. The Morgan fingerprint density at radius 3 is 2.68 bits per heavy atom. The molecule has 2 saturated heterocycles. The number of likely N-dealkylation sites (tertiary alicyclic amines) is 1. The minimum Gasteiger partial charge on any atom is -0.322 e. The Kier molecular flexibility index (Phi) is 3.93. The number of hydrogen-bond acceptors (Lipinski definition) is 5. The second-order valence-electron chi connectivity index (χ2n) is 5.57. The lowest BCUT2D eigenvalue weighted by atomic mass is 9.98. The maximum atomic E-state index is 13.9. The summed E-state index contributed by atoms with van der Waals surface area (Å²) in [7, 11) is 0. The highest BCUT2D eigenvalue weighted by Crippen LogP contribution is 2.24. The number of halogens is 1. The predicted octanol–water partition coefficient (Wildman–Crippen LogP) is -0.0953. The van der Waals surface area contributed by atoms with Gasteiger partial charge in [0.1, 0.15) is 5.83 Å². The minimum absolute atomic E-state index is 0.198.